The number of likely N-dealkylation sites (N-methyl/N-ethyl adjacent to an activating group) is 1. The normalized spacial score (nSPS) is 11.6. The van der Waals surface area contributed by atoms with Gasteiger partial charge < -0.3 is 14.6 Å². The molecular formula is C13H18N2O2S. The first-order valence-electron chi connectivity index (χ1n) is 5.99. The first kappa shape index (κ1) is 13.3. The summed E-state index contributed by atoms with van der Waals surface area (Å²) in [6, 6.07) is 6.17. The van der Waals surface area contributed by atoms with Crippen LogP contribution in [0.15, 0.2) is 23.0 Å². The van der Waals surface area contributed by atoms with Gasteiger partial charge in [-0.25, -0.2) is 0 Å². The molecule has 18 heavy (non-hydrogen) atoms. The Balaban J connectivity index is 2.13. The third-order valence-electron chi connectivity index (χ3n) is 3.12. The number of benzene rings is 1. The van der Waals surface area contributed by atoms with Crippen molar-refractivity contribution in [3.63, 3.8) is 0 Å². The van der Waals surface area contributed by atoms with E-state index in [0.717, 1.165) is 23.2 Å². The molecule has 1 aromatic carbocycles. The molecule has 0 fully saturated rings. The monoisotopic (exact) mass is 266 g/mol. The molecule has 1 heterocycles. The second-order valence-electron chi connectivity index (χ2n) is 4.51. The predicted molar refractivity (Wildman–Crippen MR) is 75.4 cm³/mol. The molecule has 0 amide bonds. The van der Waals surface area contributed by atoms with E-state index < -0.39 is 0 Å². The van der Waals surface area contributed by atoms with Crippen LogP contribution >= 0.6 is 11.3 Å². The molecule has 0 atom stereocenters. The zero-order chi connectivity index (χ0) is 13.1. The number of hydrogen-bond acceptors (Lipinski definition) is 4. The molecule has 0 saturated carbocycles. The van der Waals surface area contributed by atoms with Crippen LogP contribution in [0.5, 0.6) is 0 Å². The topological polar surface area (TPSA) is 45.5 Å². The molecule has 0 saturated heterocycles. The van der Waals surface area contributed by atoms with Crippen LogP contribution in [0.25, 0.3) is 10.2 Å². The van der Waals surface area contributed by atoms with Crippen molar-refractivity contribution < 1.29 is 5.11 Å². The zero-order valence-electron chi connectivity index (χ0n) is 10.7. The Morgan fingerprint density at radius 2 is 2.17 bits per heavy atom. The molecule has 0 aliphatic rings. The summed E-state index contributed by atoms with van der Waals surface area (Å²) in [6.07, 6.45) is 0.933. The van der Waals surface area contributed by atoms with Crippen LogP contribution in [0.4, 0.5) is 0 Å². The molecule has 4 nitrogen and oxygen atoms in total. The van der Waals surface area contributed by atoms with Gasteiger partial charge in [-0.3, -0.25) is 4.79 Å². The van der Waals surface area contributed by atoms with Gasteiger partial charge in [-0.2, -0.15) is 0 Å². The third kappa shape index (κ3) is 2.80. The molecule has 0 unspecified atom stereocenters. The number of aryl methyl sites for hydroxylation is 1. The van der Waals surface area contributed by atoms with Gasteiger partial charge in [0.15, 0.2) is 0 Å². The van der Waals surface area contributed by atoms with E-state index in [1.54, 1.807) is 11.6 Å². The molecule has 98 valence electrons. The van der Waals surface area contributed by atoms with E-state index in [4.69, 9.17) is 5.11 Å². The van der Waals surface area contributed by atoms with Crippen LogP contribution in [-0.2, 0) is 13.5 Å². The van der Waals surface area contributed by atoms with Crippen LogP contribution < -0.4 is 4.87 Å². The Kier molecular flexibility index (Phi) is 4.16. The summed E-state index contributed by atoms with van der Waals surface area (Å²) in [6.45, 7) is 1.80. The second kappa shape index (κ2) is 5.65. The first-order valence-corrected chi connectivity index (χ1v) is 6.81. The van der Waals surface area contributed by atoms with Crippen molar-refractivity contribution in [2.24, 2.45) is 7.05 Å². The summed E-state index contributed by atoms with van der Waals surface area (Å²) in [5, 5.41) is 8.83. The van der Waals surface area contributed by atoms with E-state index in [9.17, 15) is 4.79 Å². The first-order chi connectivity index (χ1) is 8.61. The highest BCUT2D eigenvalue weighted by molar-refractivity contribution is 7.16. The zero-order valence-corrected chi connectivity index (χ0v) is 11.5. The highest BCUT2D eigenvalue weighted by Gasteiger charge is 2.05. The Bertz CT molecular complexity index is 588. The van der Waals surface area contributed by atoms with Crippen LogP contribution in [0.1, 0.15) is 5.56 Å². The number of aromatic nitrogens is 1. The number of nitrogens with zero attached hydrogens (tertiary/aromatic N) is 2. The van der Waals surface area contributed by atoms with E-state index in [-0.39, 0.29) is 11.5 Å². The Hall–Kier alpha value is -1.17. The van der Waals surface area contributed by atoms with E-state index in [1.165, 1.54) is 16.9 Å². The van der Waals surface area contributed by atoms with Crippen LogP contribution in [-0.4, -0.2) is 41.3 Å². The number of aliphatic hydroxyl groups excluding tert-OH is 1. The van der Waals surface area contributed by atoms with Gasteiger partial charge >= 0.3 is 4.87 Å². The molecule has 0 bridgehead atoms. The largest absolute Gasteiger partial charge is 0.395 e. The minimum absolute atomic E-state index is 0.0829. The van der Waals surface area contributed by atoms with Crippen molar-refractivity contribution >= 4 is 21.6 Å². The minimum atomic E-state index is 0.0829. The highest BCUT2D eigenvalue weighted by atomic mass is 32.1. The molecule has 2 rings (SSSR count). The molecule has 2 aromatic rings. The molecule has 0 aliphatic carbocycles. The van der Waals surface area contributed by atoms with Crippen molar-refractivity contribution in [3.05, 3.63) is 33.4 Å². The standard InChI is InChI=1S/C13H18N2O2S/c1-14(7-8-16)6-5-10-3-4-11-12(9-10)18-13(17)15(11)2/h3-4,9,16H,5-8H2,1-2H3. The number of rotatable bonds is 5. The third-order valence-corrected chi connectivity index (χ3v) is 4.12. The van der Waals surface area contributed by atoms with Crippen molar-refractivity contribution in [2.45, 2.75) is 6.42 Å². The lowest BCUT2D eigenvalue weighted by Gasteiger charge is -2.14. The van der Waals surface area contributed by atoms with Gasteiger partial charge in [0.25, 0.3) is 0 Å². The number of thiazole rings is 1. The SMILES string of the molecule is CN(CCO)CCc1ccc2c(c1)sc(=O)n2C. The van der Waals surface area contributed by atoms with Gasteiger partial charge in [0, 0.05) is 20.1 Å². The van der Waals surface area contributed by atoms with Gasteiger partial charge in [-0.15, -0.1) is 0 Å². The van der Waals surface area contributed by atoms with Crippen LogP contribution in [0, 0.1) is 0 Å². The van der Waals surface area contributed by atoms with E-state index >= 15 is 0 Å². The molecule has 1 N–H and O–H groups in total. The summed E-state index contributed by atoms with van der Waals surface area (Å²) in [7, 11) is 3.80. The lowest BCUT2D eigenvalue weighted by Crippen LogP contribution is -2.24. The van der Waals surface area contributed by atoms with Crippen molar-refractivity contribution in [3.8, 4) is 0 Å². The van der Waals surface area contributed by atoms with Gasteiger partial charge in [0.1, 0.15) is 0 Å². The number of fused-ring (bicyclic) bond motifs is 1. The van der Waals surface area contributed by atoms with Crippen molar-refractivity contribution in [1.82, 2.24) is 9.47 Å². The molecule has 1 aromatic heterocycles. The van der Waals surface area contributed by atoms with Gasteiger partial charge in [-0.1, -0.05) is 17.4 Å². The van der Waals surface area contributed by atoms with Gasteiger partial charge in [-0.05, 0) is 31.2 Å². The maximum Gasteiger partial charge on any atom is 0.307 e. The second-order valence-corrected chi connectivity index (χ2v) is 5.50. The quantitative estimate of drug-likeness (QED) is 0.880. The van der Waals surface area contributed by atoms with Crippen LogP contribution in [0.2, 0.25) is 0 Å². The van der Waals surface area contributed by atoms with Crippen LogP contribution in [0.3, 0.4) is 0 Å². The highest BCUT2D eigenvalue weighted by Crippen LogP contribution is 2.18. The van der Waals surface area contributed by atoms with Crippen molar-refractivity contribution in [1.29, 1.82) is 0 Å². The average Bonchev–Trinajstić information content (AvgIpc) is 2.63. The number of aliphatic hydroxyl groups is 1. The minimum Gasteiger partial charge on any atom is -0.395 e. The Labute approximate surface area is 110 Å². The average molecular weight is 266 g/mol. The summed E-state index contributed by atoms with van der Waals surface area (Å²) < 4.78 is 2.73. The lowest BCUT2D eigenvalue weighted by molar-refractivity contribution is 0.223. The lowest BCUT2D eigenvalue weighted by atomic mass is 10.1. The van der Waals surface area contributed by atoms with E-state index in [2.05, 4.69) is 17.0 Å². The Morgan fingerprint density at radius 3 is 2.89 bits per heavy atom. The summed E-state index contributed by atoms with van der Waals surface area (Å²) in [4.78, 5) is 13.7. The fourth-order valence-electron chi connectivity index (χ4n) is 1.94. The molecule has 0 spiro atoms. The Morgan fingerprint density at radius 1 is 1.39 bits per heavy atom. The molecular weight excluding hydrogens is 248 g/mol. The number of hydrogen-bond donors (Lipinski definition) is 1. The molecule has 0 aliphatic heterocycles. The van der Waals surface area contributed by atoms with Gasteiger partial charge in [0.2, 0.25) is 0 Å². The summed E-state index contributed by atoms with van der Waals surface area (Å²) in [5.74, 6) is 0. The summed E-state index contributed by atoms with van der Waals surface area (Å²) >= 11 is 1.29. The fraction of sp³-hybridized carbons (Fsp3) is 0.462. The van der Waals surface area contributed by atoms with Crippen molar-refractivity contribution in [2.75, 3.05) is 26.7 Å². The molecule has 5 heteroatoms. The maximum absolute atomic E-state index is 11.5. The van der Waals surface area contributed by atoms with E-state index in [1.807, 2.05) is 13.1 Å². The summed E-state index contributed by atoms with van der Waals surface area (Å²) in [5.41, 5.74) is 2.23. The van der Waals surface area contributed by atoms with E-state index in [0.29, 0.717) is 6.54 Å². The maximum atomic E-state index is 11.5. The fourth-order valence-corrected chi connectivity index (χ4v) is 2.88. The van der Waals surface area contributed by atoms with Gasteiger partial charge in [0.05, 0.1) is 16.8 Å². The smallest absolute Gasteiger partial charge is 0.307 e. The predicted octanol–water partition coefficient (Wildman–Crippen LogP) is 1.07. The molecule has 0 radical (unpaired) electrons.